The van der Waals surface area contributed by atoms with Gasteiger partial charge in [0, 0.05) is 19.6 Å². The molecule has 0 aromatic heterocycles. The number of ether oxygens (including phenoxy) is 1. The van der Waals surface area contributed by atoms with E-state index in [-0.39, 0.29) is 13.2 Å². The summed E-state index contributed by atoms with van der Waals surface area (Å²) in [5.41, 5.74) is 0. The summed E-state index contributed by atoms with van der Waals surface area (Å²) in [4.78, 5) is 0. The van der Waals surface area contributed by atoms with E-state index in [0.29, 0.717) is 19.0 Å². The van der Waals surface area contributed by atoms with Gasteiger partial charge < -0.3 is 10.1 Å². The Morgan fingerprint density at radius 3 is 2.85 bits per heavy atom. The van der Waals surface area contributed by atoms with Gasteiger partial charge in [-0.15, -0.1) is 0 Å². The molecule has 1 saturated heterocycles. The van der Waals surface area contributed by atoms with Gasteiger partial charge in [-0.05, 0) is 32.4 Å². The molecule has 1 rings (SSSR count). The molecule has 1 fully saturated rings. The first-order chi connectivity index (χ1) is 9.45. The van der Waals surface area contributed by atoms with Crippen molar-refractivity contribution in [3.05, 3.63) is 0 Å². The highest BCUT2D eigenvalue weighted by atomic mass is 32.2. The highest BCUT2D eigenvalue weighted by Gasteiger charge is 2.28. The van der Waals surface area contributed by atoms with E-state index in [4.69, 9.17) is 0 Å². The molecular formula is C11H23F2N3O3S. The minimum atomic E-state index is -3.55. The van der Waals surface area contributed by atoms with Gasteiger partial charge in [-0.3, -0.25) is 0 Å². The van der Waals surface area contributed by atoms with Gasteiger partial charge in [-0.2, -0.15) is 17.4 Å². The zero-order valence-electron chi connectivity index (χ0n) is 11.6. The SMILES string of the molecule is CNCC1CCCN(S(=O)(=O)NCCOCC(F)F)C1. The molecule has 1 aliphatic rings. The van der Waals surface area contributed by atoms with Crippen LogP contribution in [0.15, 0.2) is 0 Å². The van der Waals surface area contributed by atoms with Gasteiger partial charge in [0.05, 0.1) is 6.61 Å². The Morgan fingerprint density at radius 1 is 1.45 bits per heavy atom. The van der Waals surface area contributed by atoms with Crippen molar-refractivity contribution in [3.8, 4) is 0 Å². The lowest BCUT2D eigenvalue weighted by molar-refractivity contribution is 0.0198. The molecular weight excluding hydrogens is 292 g/mol. The van der Waals surface area contributed by atoms with E-state index in [1.54, 1.807) is 0 Å². The summed E-state index contributed by atoms with van der Waals surface area (Å²) in [5, 5.41) is 3.05. The number of piperidine rings is 1. The van der Waals surface area contributed by atoms with Crippen molar-refractivity contribution in [2.45, 2.75) is 19.3 Å². The third-order valence-electron chi connectivity index (χ3n) is 3.09. The summed E-state index contributed by atoms with van der Waals surface area (Å²) in [7, 11) is -1.71. The lowest BCUT2D eigenvalue weighted by Gasteiger charge is -2.31. The molecule has 9 heteroatoms. The Labute approximate surface area is 119 Å². The fourth-order valence-electron chi connectivity index (χ4n) is 2.21. The molecule has 2 N–H and O–H groups in total. The van der Waals surface area contributed by atoms with E-state index in [1.165, 1.54) is 4.31 Å². The number of rotatable bonds is 9. The number of alkyl halides is 2. The minimum Gasteiger partial charge on any atom is -0.374 e. The molecule has 1 unspecified atom stereocenters. The monoisotopic (exact) mass is 315 g/mol. The second-order valence-corrected chi connectivity index (χ2v) is 6.54. The molecule has 0 saturated carbocycles. The summed E-state index contributed by atoms with van der Waals surface area (Å²) in [6, 6.07) is 0. The van der Waals surface area contributed by atoms with Crippen LogP contribution in [0, 0.1) is 5.92 Å². The van der Waals surface area contributed by atoms with Crippen LogP contribution in [0.3, 0.4) is 0 Å². The van der Waals surface area contributed by atoms with Crippen LogP contribution in [0.1, 0.15) is 12.8 Å². The maximum absolute atomic E-state index is 12.0. The molecule has 0 amide bonds. The summed E-state index contributed by atoms with van der Waals surface area (Å²) < 4.78 is 56.1. The Kier molecular flexibility index (Phi) is 7.82. The number of nitrogens with zero attached hydrogens (tertiary/aromatic N) is 1. The van der Waals surface area contributed by atoms with Gasteiger partial charge in [0.25, 0.3) is 16.6 Å². The van der Waals surface area contributed by atoms with E-state index in [0.717, 1.165) is 19.4 Å². The van der Waals surface area contributed by atoms with Crippen molar-refractivity contribution in [2.75, 3.05) is 46.4 Å². The Hall–Kier alpha value is -0.350. The van der Waals surface area contributed by atoms with Crippen molar-refractivity contribution >= 4 is 10.2 Å². The van der Waals surface area contributed by atoms with Crippen LogP contribution in [-0.4, -0.2) is 65.6 Å². The first-order valence-electron chi connectivity index (χ1n) is 6.71. The fraction of sp³-hybridized carbons (Fsp3) is 1.00. The van der Waals surface area contributed by atoms with Gasteiger partial charge >= 0.3 is 0 Å². The Balaban J connectivity index is 2.32. The van der Waals surface area contributed by atoms with Gasteiger partial charge in [-0.25, -0.2) is 8.78 Å². The first kappa shape index (κ1) is 17.7. The normalized spacial score (nSPS) is 21.5. The predicted octanol–water partition coefficient (Wildman–Crippen LogP) is 0.0339. The standard InChI is InChI=1S/C11H23F2N3O3S/c1-14-7-10-3-2-5-16(8-10)20(17,18)15-4-6-19-9-11(12)13/h10-11,14-15H,2-9H2,1H3. The lowest BCUT2D eigenvalue weighted by atomic mass is 10.00. The van der Waals surface area contributed by atoms with Gasteiger partial charge in [0.2, 0.25) is 0 Å². The van der Waals surface area contributed by atoms with E-state index in [9.17, 15) is 17.2 Å². The zero-order valence-corrected chi connectivity index (χ0v) is 12.5. The van der Waals surface area contributed by atoms with E-state index >= 15 is 0 Å². The van der Waals surface area contributed by atoms with E-state index in [2.05, 4.69) is 14.8 Å². The van der Waals surface area contributed by atoms with Crippen LogP contribution in [0.2, 0.25) is 0 Å². The van der Waals surface area contributed by atoms with Gasteiger partial charge in [-0.1, -0.05) is 0 Å². The predicted molar refractivity (Wildman–Crippen MR) is 72.0 cm³/mol. The number of hydrogen-bond donors (Lipinski definition) is 2. The first-order valence-corrected chi connectivity index (χ1v) is 8.15. The average Bonchev–Trinajstić information content (AvgIpc) is 2.38. The number of hydrogen-bond acceptors (Lipinski definition) is 4. The van der Waals surface area contributed by atoms with Crippen LogP contribution in [0.5, 0.6) is 0 Å². The molecule has 6 nitrogen and oxygen atoms in total. The molecule has 0 radical (unpaired) electrons. The summed E-state index contributed by atoms with van der Waals surface area (Å²) in [6.45, 7) is 1.03. The van der Waals surface area contributed by atoms with Crippen LogP contribution >= 0.6 is 0 Å². The second kappa shape index (κ2) is 8.83. The summed E-state index contributed by atoms with van der Waals surface area (Å²) in [6.07, 6.45) is -0.699. The maximum atomic E-state index is 12.0. The van der Waals surface area contributed by atoms with Crippen LogP contribution in [0.25, 0.3) is 0 Å². The largest absolute Gasteiger partial charge is 0.374 e. The third-order valence-corrected chi connectivity index (χ3v) is 4.67. The summed E-state index contributed by atoms with van der Waals surface area (Å²) >= 11 is 0. The highest BCUT2D eigenvalue weighted by molar-refractivity contribution is 7.87. The number of nitrogens with one attached hydrogen (secondary N) is 2. The van der Waals surface area contributed by atoms with Crippen molar-refractivity contribution in [3.63, 3.8) is 0 Å². The Bertz CT molecular complexity index is 366. The van der Waals surface area contributed by atoms with Crippen LogP contribution < -0.4 is 10.0 Å². The molecule has 1 heterocycles. The molecule has 1 atom stereocenters. The van der Waals surface area contributed by atoms with Crippen LogP contribution in [-0.2, 0) is 14.9 Å². The molecule has 1 aliphatic heterocycles. The van der Waals surface area contributed by atoms with Gasteiger partial charge in [0.1, 0.15) is 6.61 Å². The van der Waals surface area contributed by atoms with E-state index < -0.39 is 23.2 Å². The lowest BCUT2D eigenvalue weighted by Crippen LogP contribution is -2.48. The van der Waals surface area contributed by atoms with Crippen molar-refractivity contribution < 1.29 is 21.9 Å². The molecule has 0 aromatic rings. The fourth-order valence-corrected chi connectivity index (χ4v) is 3.51. The van der Waals surface area contributed by atoms with E-state index in [1.807, 2.05) is 7.05 Å². The number of halogens is 2. The minimum absolute atomic E-state index is 0.00223. The summed E-state index contributed by atoms with van der Waals surface area (Å²) in [5.74, 6) is 0.306. The smallest absolute Gasteiger partial charge is 0.279 e. The third kappa shape index (κ3) is 6.40. The molecule has 120 valence electrons. The van der Waals surface area contributed by atoms with Gasteiger partial charge in [0.15, 0.2) is 0 Å². The van der Waals surface area contributed by atoms with Crippen molar-refractivity contribution in [1.82, 2.24) is 14.3 Å². The molecule has 0 bridgehead atoms. The van der Waals surface area contributed by atoms with Crippen molar-refractivity contribution in [1.29, 1.82) is 0 Å². The molecule has 0 aliphatic carbocycles. The van der Waals surface area contributed by atoms with Crippen molar-refractivity contribution in [2.24, 2.45) is 5.92 Å². The molecule has 20 heavy (non-hydrogen) atoms. The molecule has 0 aromatic carbocycles. The average molecular weight is 315 g/mol. The van der Waals surface area contributed by atoms with Crippen LogP contribution in [0.4, 0.5) is 8.78 Å². The highest BCUT2D eigenvalue weighted by Crippen LogP contribution is 2.17. The molecule has 0 spiro atoms. The Morgan fingerprint density at radius 2 is 2.20 bits per heavy atom. The topological polar surface area (TPSA) is 70.7 Å². The second-order valence-electron chi connectivity index (χ2n) is 4.79. The quantitative estimate of drug-likeness (QED) is 0.589. The maximum Gasteiger partial charge on any atom is 0.279 e. The zero-order chi connectivity index (χ0) is 15.0.